The van der Waals surface area contributed by atoms with Crippen molar-refractivity contribution in [3.05, 3.63) is 33.8 Å². The predicted molar refractivity (Wildman–Crippen MR) is 50.1 cm³/mol. The Morgan fingerprint density at radius 2 is 1.86 bits per heavy atom. The summed E-state index contributed by atoms with van der Waals surface area (Å²) in [5.41, 5.74) is 4.79. The highest BCUT2D eigenvalue weighted by molar-refractivity contribution is 9.10. The van der Waals surface area contributed by atoms with Gasteiger partial charge in [0.2, 0.25) is 0 Å². The third-order valence-corrected chi connectivity index (χ3v) is 2.07. The second kappa shape index (κ2) is 4.20. The fraction of sp³-hybridized carbons (Fsp3) is 0. The van der Waals surface area contributed by atoms with Crippen LogP contribution in [0.15, 0.2) is 16.6 Å². The molecule has 2 nitrogen and oxygen atoms in total. The maximum atomic E-state index is 12.9. The summed E-state index contributed by atoms with van der Waals surface area (Å²) in [6, 6.07) is 2.01. The first-order valence-electron chi connectivity index (χ1n) is 3.46. The topological polar surface area (TPSA) is 43.1 Å². The number of hydrogen-bond acceptors (Lipinski definition) is 1. The minimum atomic E-state index is -0.853. The molecule has 0 bridgehead atoms. The lowest BCUT2D eigenvalue weighted by molar-refractivity contribution is -0.112. The molecule has 0 aliphatic carbocycles. The lowest BCUT2D eigenvalue weighted by Crippen LogP contribution is -2.06. The fourth-order valence-corrected chi connectivity index (χ4v) is 0.990. The van der Waals surface area contributed by atoms with Crippen LogP contribution in [0.3, 0.4) is 0 Å². The summed E-state index contributed by atoms with van der Waals surface area (Å²) in [4.78, 5) is 10.3. The van der Waals surface area contributed by atoms with Gasteiger partial charge in [-0.15, -0.1) is 0 Å². The number of carbonyl (C=O) groups excluding carboxylic acids is 1. The molecule has 0 heterocycles. The Morgan fingerprint density at radius 3 is 2.29 bits per heavy atom. The van der Waals surface area contributed by atoms with Gasteiger partial charge in [-0.25, -0.2) is 8.78 Å². The van der Waals surface area contributed by atoms with Gasteiger partial charge in [0.25, 0.3) is 5.91 Å². The predicted octanol–water partition coefficient (Wildman–Crippen LogP) is 1.56. The van der Waals surface area contributed by atoms with Crippen molar-refractivity contribution in [1.29, 1.82) is 0 Å². The molecule has 0 saturated carbocycles. The van der Waals surface area contributed by atoms with Gasteiger partial charge < -0.3 is 5.73 Å². The largest absolute Gasteiger partial charge is 0.359 e. The van der Waals surface area contributed by atoms with Gasteiger partial charge in [-0.2, -0.15) is 0 Å². The fourth-order valence-electron chi connectivity index (χ4n) is 0.761. The van der Waals surface area contributed by atoms with Crippen LogP contribution in [0.2, 0.25) is 0 Å². The SMILES string of the molecule is NC(=O)C#Cc1cc(F)c(Br)c(F)c1. The number of primary amides is 1. The van der Waals surface area contributed by atoms with Gasteiger partial charge in [0.05, 0.1) is 4.47 Å². The van der Waals surface area contributed by atoms with Crippen molar-refractivity contribution < 1.29 is 13.6 Å². The van der Waals surface area contributed by atoms with E-state index in [9.17, 15) is 13.6 Å². The van der Waals surface area contributed by atoms with Crippen LogP contribution in [0.1, 0.15) is 5.56 Å². The van der Waals surface area contributed by atoms with Crippen LogP contribution < -0.4 is 5.73 Å². The molecule has 0 saturated heterocycles. The molecule has 1 rings (SSSR count). The maximum Gasteiger partial charge on any atom is 0.293 e. The van der Waals surface area contributed by atoms with Crippen molar-refractivity contribution in [2.75, 3.05) is 0 Å². The van der Waals surface area contributed by atoms with E-state index in [2.05, 4.69) is 21.9 Å². The quantitative estimate of drug-likeness (QED) is 0.558. The van der Waals surface area contributed by atoms with Gasteiger partial charge in [0.1, 0.15) is 11.6 Å². The molecule has 2 N–H and O–H groups in total. The zero-order valence-corrected chi connectivity index (χ0v) is 8.36. The van der Waals surface area contributed by atoms with Crippen molar-refractivity contribution in [3.63, 3.8) is 0 Å². The summed E-state index contributed by atoms with van der Waals surface area (Å²) in [6.45, 7) is 0. The molecular weight excluding hydrogens is 256 g/mol. The highest BCUT2D eigenvalue weighted by Gasteiger charge is 2.06. The van der Waals surface area contributed by atoms with E-state index in [1.807, 2.05) is 5.92 Å². The van der Waals surface area contributed by atoms with Gasteiger partial charge in [-0.3, -0.25) is 4.79 Å². The van der Waals surface area contributed by atoms with Crippen molar-refractivity contribution in [1.82, 2.24) is 0 Å². The standard InChI is InChI=1S/C9H4BrF2NO/c10-9-6(11)3-5(4-7(9)12)1-2-8(13)14/h3-4H,(H2,13,14). The molecule has 0 fully saturated rings. The Balaban J connectivity index is 3.15. The first-order valence-corrected chi connectivity index (χ1v) is 4.26. The van der Waals surface area contributed by atoms with Gasteiger partial charge in [0, 0.05) is 5.56 Å². The molecule has 0 aromatic heterocycles. The average molecular weight is 260 g/mol. The third-order valence-electron chi connectivity index (χ3n) is 1.31. The van der Waals surface area contributed by atoms with Crippen LogP contribution in [0.5, 0.6) is 0 Å². The van der Waals surface area contributed by atoms with Gasteiger partial charge in [0.15, 0.2) is 0 Å². The normalized spacial score (nSPS) is 9.07. The van der Waals surface area contributed by atoms with E-state index in [0.29, 0.717) is 0 Å². The molecule has 5 heteroatoms. The number of benzene rings is 1. The van der Waals surface area contributed by atoms with E-state index in [1.165, 1.54) is 0 Å². The number of amides is 1. The number of halogens is 3. The maximum absolute atomic E-state index is 12.9. The Bertz CT molecular complexity index is 425. The summed E-state index contributed by atoms with van der Waals surface area (Å²) in [5.74, 6) is 1.79. The molecule has 0 spiro atoms. The molecule has 1 aromatic rings. The number of nitrogens with two attached hydrogens (primary N) is 1. The van der Waals surface area contributed by atoms with Crippen molar-refractivity contribution >= 4 is 21.8 Å². The minimum absolute atomic E-state index is 0.0574. The van der Waals surface area contributed by atoms with E-state index in [0.717, 1.165) is 12.1 Å². The lowest BCUT2D eigenvalue weighted by atomic mass is 10.2. The third kappa shape index (κ3) is 2.54. The average Bonchev–Trinajstić information content (AvgIpc) is 2.10. The van der Waals surface area contributed by atoms with Gasteiger partial charge in [-0.05, 0) is 34.0 Å². The second-order valence-corrected chi connectivity index (χ2v) is 3.16. The van der Waals surface area contributed by atoms with Crippen LogP contribution in [0.25, 0.3) is 0 Å². The van der Waals surface area contributed by atoms with Crippen molar-refractivity contribution in [2.24, 2.45) is 5.73 Å². The van der Waals surface area contributed by atoms with E-state index >= 15 is 0 Å². The lowest BCUT2D eigenvalue weighted by Gasteiger charge is -1.96. The Kier molecular flexibility index (Phi) is 3.20. The first kappa shape index (κ1) is 10.7. The van der Waals surface area contributed by atoms with Gasteiger partial charge in [-0.1, -0.05) is 5.92 Å². The minimum Gasteiger partial charge on any atom is -0.359 e. The molecule has 1 amide bonds. The second-order valence-electron chi connectivity index (χ2n) is 2.37. The zero-order chi connectivity index (χ0) is 10.7. The van der Waals surface area contributed by atoms with Crippen LogP contribution in [-0.2, 0) is 4.79 Å². The van der Waals surface area contributed by atoms with Crippen molar-refractivity contribution in [3.8, 4) is 11.8 Å². The Labute approximate surface area is 87.2 Å². The molecule has 0 aliphatic rings. The molecule has 0 radical (unpaired) electrons. The van der Waals surface area contributed by atoms with Gasteiger partial charge >= 0.3 is 0 Å². The van der Waals surface area contributed by atoms with Crippen LogP contribution in [0, 0.1) is 23.5 Å². The smallest absolute Gasteiger partial charge is 0.293 e. The molecule has 0 unspecified atom stereocenters. The number of carbonyl (C=O) groups is 1. The summed E-state index contributed by atoms with van der Waals surface area (Å²) in [5, 5.41) is 0. The zero-order valence-electron chi connectivity index (χ0n) is 6.77. The number of rotatable bonds is 0. The van der Waals surface area contributed by atoms with Crippen LogP contribution >= 0.6 is 15.9 Å². The van der Waals surface area contributed by atoms with Crippen molar-refractivity contribution in [2.45, 2.75) is 0 Å². The summed E-state index contributed by atoms with van der Waals surface area (Å²) in [7, 11) is 0. The summed E-state index contributed by atoms with van der Waals surface area (Å²) >= 11 is 2.70. The summed E-state index contributed by atoms with van der Waals surface area (Å²) < 4.78 is 25.5. The molecule has 72 valence electrons. The van der Waals surface area contributed by atoms with E-state index in [4.69, 9.17) is 5.73 Å². The highest BCUT2D eigenvalue weighted by Crippen LogP contribution is 2.20. The number of hydrogen-bond donors (Lipinski definition) is 1. The molecule has 0 aliphatic heterocycles. The van der Waals surface area contributed by atoms with Crippen LogP contribution in [-0.4, -0.2) is 5.91 Å². The van der Waals surface area contributed by atoms with Crippen LogP contribution in [0.4, 0.5) is 8.78 Å². The molecule has 14 heavy (non-hydrogen) atoms. The molecule has 0 atom stereocenters. The molecular formula is C9H4BrF2NO. The summed E-state index contributed by atoms with van der Waals surface area (Å²) in [6.07, 6.45) is 0. The Morgan fingerprint density at radius 1 is 1.36 bits per heavy atom. The monoisotopic (exact) mass is 259 g/mol. The van der Waals surface area contributed by atoms with E-state index < -0.39 is 17.5 Å². The van der Waals surface area contributed by atoms with E-state index in [-0.39, 0.29) is 10.0 Å². The molecule has 1 aromatic carbocycles. The Hall–Kier alpha value is -1.41. The van der Waals surface area contributed by atoms with E-state index in [1.54, 1.807) is 0 Å². The highest BCUT2D eigenvalue weighted by atomic mass is 79.9. The first-order chi connectivity index (χ1) is 6.50.